The number of aromatic nitrogens is 1. The highest BCUT2D eigenvalue weighted by Gasteiger charge is 2.32. The van der Waals surface area contributed by atoms with Crippen molar-refractivity contribution in [3.8, 4) is 6.07 Å². The van der Waals surface area contributed by atoms with Crippen LogP contribution in [0.15, 0.2) is 16.7 Å². The van der Waals surface area contributed by atoms with Crippen molar-refractivity contribution >= 4 is 39.6 Å². The predicted molar refractivity (Wildman–Crippen MR) is 112 cm³/mol. The van der Waals surface area contributed by atoms with Crippen molar-refractivity contribution in [3.63, 3.8) is 0 Å². The minimum absolute atomic E-state index is 0.0540. The molecule has 0 fully saturated rings. The fraction of sp³-hybridized carbons (Fsp3) is 0.647. The summed E-state index contributed by atoms with van der Waals surface area (Å²) >= 11 is 6.17. The van der Waals surface area contributed by atoms with Gasteiger partial charge in [-0.3, -0.25) is 4.39 Å². The van der Waals surface area contributed by atoms with Gasteiger partial charge in [-0.25, -0.2) is 14.1 Å². The van der Waals surface area contributed by atoms with E-state index in [0.29, 0.717) is 30.4 Å². The van der Waals surface area contributed by atoms with E-state index < -0.39 is 15.9 Å². The van der Waals surface area contributed by atoms with Crippen LogP contribution in [0, 0.1) is 17.1 Å². The fourth-order valence-electron chi connectivity index (χ4n) is 1.82. The molecule has 1 aromatic heterocycles. The van der Waals surface area contributed by atoms with Gasteiger partial charge in [0.15, 0.2) is 0 Å². The highest BCUT2D eigenvalue weighted by molar-refractivity contribution is 9.10. The fourth-order valence-corrected chi connectivity index (χ4v) is 4.17. The first kappa shape index (κ1) is 25.6. The Hall–Kier alpha value is -0.400. The molecule has 0 spiro atoms. The molecule has 0 aliphatic heterocycles. The topological polar surface area (TPSA) is 74.7 Å². The molecule has 0 bridgehead atoms. The standard InChI is InChI=1S/C16H24BrFN4S2.CH3F/c1-15(2,3)24-22-14(13-11(18)6-7-12(17)21-13)23-16(4,10-20)8-5-9-19;1-2/h6-7,14,22H,5,8-9,19H2,1-4H3;1H3. The van der Waals surface area contributed by atoms with Crippen LogP contribution in [0.4, 0.5) is 8.78 Å². The van der Waals surface area contributed by atoms with E-state index >= 15 is 0 Å². The number of rotatable bonds is 8. The number of alkyl halides is 1. The molecule has 2 atom stereocenters. The summed E-state index contributed by atoms with van der Waals surface area (Å²) in [5.74, 6) is -0.392. The molecule has 1 rings (SSSR count). The number of halogens is 3. The maximum Gasteiger partial charge on any atom is 0.147 e. The number of nitrogens with zero attached hydrogens (tertiary/aromatic N) is 2. The molecule has 9 heteroatoms. The van der Waals surface area contributed by atoms with Crippen molar-refractivity contribution in [1.82, 2.24) is 9.71 Å². The Morgan fingerprint density at radius 3 is 2.46 bits per heavy atom. The molecule has 0 aliphatic rings. The molecule has 0 aromatic carbocycles. The largest absolute Gasteiger partial charge is 0.330 e. The van der Waals surface area contributed by atoms with Gasteiger partial charge in [0.2, 0.25) is 0 Å². The van der Waals surface area contributed by atoms with Gasteiger partial charge in [0.05, 0.1) is 13.2 Å². The molecule has 26 heavy (non-hydrogen) atoms. The zero-order valence-corrected chi connectivity index (χ0v) is 19.0. The van der Waals surface area contributed by atoms with E-state index in [4.69, 9.17) is 5.73 Å². The number of nitriles is 1. The van der Waals surface area contributed by atoms with Crippen molar-refractivity contribution in [2.24, 2.45) is 5.73 Å². The molecular formula is C17H27BrF2N4S2. The van der Waals surface area contributed by atoms with Gasteiger partial charge in [0.25, 0.3) is 0 Å². The molecule has 1 aromatic rings. The minimum Gasteiger partial charge on any atom is -0.330 e. The second-order valence-electron chi connectivity index (χ2n) is 6.57. The number of thioether (sulfide) groups is 1. The molecule has 3 N–H and O–H groups in total. The molecule has 2 unspecified atom stereocenters. The molecule has 0 amide bonds. The molecule has 1 heterocycles. The number of pyridine rings is 1. The Bertz CT molecular complexity index is 593. The second-order valence-corrected chi connectivity index (χ2v) is 10.7. The van der Waals surface area contributed by atoms with Crippen LogP contribution in [0.2, 0.25) is 0 Å². The third-order valence-electron chi connectivity index (χ3n) is 3.03. The summed E-state index contributed by atoms with van der Waals surface area (Å²) in [5, 5.41) is 9.14. The molecule has 0 saturated carbocycles. The summed E-state index contributed by atoms with van der Waals surface area (Å²) in [6.45, 7) is 8.58. The lowest BCUT2D eigenvalue weighted by Gasteiger charge is -2.29. The van der Waals surface area contributed by atoms with E-state index in [1.807, 2.05) is 6.92 Å². The first-order valence-corrected chi connectivity index (χ1v) is 10.5. The van der Waals surface area contributed by atoms with Crippen molar-refractivity contribution in [2.45, 2.75) is 55.4 Å². The second kappa shape index (κ2) is 12.1. The van der Waals surface area contributed by atoms with Gasteiger partial charge in [-0.1, -0.05) is 11.9 Å². The molecule has 4 nitrogen and oxygen atoms in total. The molecule has 0 radical (unpaired) electrons. The van der Waals surface area contributed by atoms with Gasteiger partial charge < -0.3 is 5.73 Å². The van der Waals surface area contributed by atoms with Gasteiger partial charge in [0.1, 0.15) is 26.2 Å². The van der Waals surface area contributed by atoms with Crippen LogP contribution in [0.25, 0.3) is 0 Å². The number of hydrogen-bond donors (Lipinski definition) is 2. The van der Waals surface area contributed by atoms with Crippen LogP contribution in [-0.4, -0.2) is 28.2 Å². The zero-order chi connectivity index (χ0) is 20.4. The van der Waals surface area contributed by atoms with Gasteiger partial charge in [-0.2, -0.15) is 5.26 Å². The number of nitrogens with two attached hydrogens (primary N) is 1. The number of nitrogens with one attached hydrogen (secondary N) is 1. The van der Waals surface area contributed by atoms with Crippen LogP contribution < -0.4 is 10.5 Å². The molecular weight excluding hydrogens is 442 g/mol. The van der Waals surface area contributed by atoms with Gasteiger partial charge >= 0.3 is 0 Å². The quantitative estimate of drug-likeness (QED) is 0.303. The van der Waals surface area contributed by atoms with E-state index in [1.54, 1.807) is 6.07 Å². The Morgan fingerprint density at radius 2 is 1.96 bits per heavy atom. The van der Waals surface area contributed by atoms with Gasteiger partial charge in [0, 0.05) is 4.75 Å². The lowest BCUT2D eigenvalue weighted by Crippen LogP contribution is -2.28. The van der Waals surface area contributed by atoms with E-state index in [1.165, 1.54) is 29.8 Å². The van der Waals surface area contributed by atoms with E-state index in [9.17, 15) is 14.0 Å². The van der Waals surface area contributed by atoms with Crippen molar-refractivity contribution in [3.05, 3.63) is 28.2 Å². The molecule has 0 aliphatic carbocycles. The monoisotopic (exact) mass is 468 g/mol. The first-order chi connectivity index (χ1) is 12.1. The van der Waals surface area contributed by atoms with E-state index in [0.717, 1.165) is 6.42 Å². The van der Waals surface area contributed by atoms with Gasteiger partial charge in [-0.15, -0.1) is 11.8 Å². The van der Waals surface area contributed by atoms with Crippen LogP contribution in [0.5, 0.6) is 0 Å². The van der Waals surface area contributed by atoms with Crippen LogP contribution >= 0.6 is 39.6 Å². The summed E-state index contributed by atoms with van der Waals surface area (Å²) in [5.41, 5.74) is 5.87. The average Bonchev–Trinajstić information content (AvgIpc) is 2.60. The Morgan fingerprint density at radius 1 is 1.35 bits per heavy atom. The van der Waals surface area contributed by atoms with Crippen LogP contribution in [0.1, 0.15) is 51.6 Å². The maximum absolute atomic E-state index is 14.3. The Labute approximate surface area is 172 Å². The van der Waals surface area contributed by atoms with Crippen molar-refractivity contribution in [2.75, 3.05) is 13.7 Å². The minimum atomic E-state index is -0.675. The van der Waals surface area contributed by atoms with Crippen LogP contribution in [0.3, 0.4) is 0 Å². The van der Waals surface area contributed by atoms with Crippen LogP contribution in [-0.2, 0) is 0 Å². The number of hydrogen-bond acceptors (Lipinski definition) is 6. The smallest absolute Gasteiger partial charge is 0.147 e. The average molecular weight is 469 g/mol. The highest BCUT2D eigenvalue weighted by Crippen LogP contribution is 2.42. The Kier molecular flexibility index (Phi) is 11.9. The SMILES string of the molecule is CC(C)(C)SNC(SC(C)(C#N)CCCN)c1nc(Br)ccc1F.CF. The van der Waals surface area contributed by atoms with Gasteiger partial charge in [-0.05, 0) is 75.1 Å². The lowest BCUT2D eigenvalue weighted by atomic mass is 10.1. The highest BCUT2D eigenvalue weighted by atomic mass is 79.9. The third kappa shape index (κ3) is 9.51. The first-order valence-electron chi connectivity index (χ1n) is 8.02. The van der Waals surface area contributed by atoms with E-state index in [2.05, 4.69) is 52.5 Å². The normalized spacial score (nSPS) is 14.6. The van der Waals surface area contributed by atoms with E-state index in [-0.39, 0.29) is 4.75 Å². The summed E-state index contributed by atoms with van der Waals surface area (Å²) in [7, 11) is 0.500. The third-order valence-corrected chi connectivity index (χ3v) is 5.98. The van der Waals surface area contributed by atoms with Crippen molar-refractivity contribution in [1.29, 1.82) is 5.26 Å². The summed E-state index contributed by atoms with van der Waals surface area (Å²) in [6, 6.07) is 5.29. The summed E-state index contributed by atoms with van der Waals surface area (Å²) in [4.78, 5) is 4.28. The molecule has 0 saturated heterocycles. The zero-order valence-electron chi connectivity index (χ0n) is 15.8. The molecule has 148 valence electrons. The predicted octanol–water partition coefficient (Wildman–Crippen LogP) is 5.36. The maximum atomic E-state index is 14.3. The summed E-state index contributed by atoms with van der Waals surface area (Å²) in [6.07, 6.45) is 1.38. The van der Waals surface area contributed by atoms with Crippen molar-refractivity contribution < 1.29 is 8.78 Å². The summed E-state index contributed by atoms with van der Waals surface area (Å²) < 4.78 is 26.9. The lowest BCUT2D eigenvalue weighted by molar-refractivity contribution is 0.589. The Balaban J connectivity index is 0.00000301.